The van der Waals surface area contributed by atoms with Crippen LogP contribution in [0, 0.1) is 18.8 Å². The lowest BCUT2D eigenvalue weighted by Crippen LogP contribution is -2.70. The molecule has 3 saturated heterocycles. The molecule has 0 saturated carbocycles. The van der Waals surface area contributed by atoms with Gasteiger partial charge in [0.1, 0.15) is 0 Å². The van der Waals surface area contributed by atoms with Crippen molar-refractivity contribution in [1.82, 2.24) is 14.7 Å². The van der Waals surface area contributed by atoms with E-state index in [-0.39, 0.29) is 23.9 Å². The van der Waals surface area contributed by atoms with Crippen molar-refractivity contribution in [2.75, 3.05) is 33.7 Å². The summed E-state index contributed by atoms with van der Waals surface area (Å²) >= 11 is 1.53. The first kappa shape index (κ1) is 16.0. The number of piperazine rings is 1. The first-order chi connectivity index (χ1) is 11.0. The Bertz CT molecular complexity index is 674. The first-order valence-corrected chi connectivity index (χ1v) is 8.59. The van der Waals surface area contributed by atoms with Gasteiger partial charge in [0.25, 0.3) is 11.8 Å². The van der Waals surface area contributed by atoms with Crippen LogP contribution in [-0.4, -0.2) is 72.3 Å². The quantitative estimate of drug-likeness (QED) is 0.761. The maximum absolute atomic E-state index is 12.5. The first-order valence-electron chi connectivity index (χ1n) is 7.77. The van der Waals surface area contributed by atoms with Crippen LogP contribution >= 0.6 is 11.3 Å². The molecule has 23 heavy (non-hydrogen) atoms. The molecule has 1 aromatic rings. The number of thiophene rings is 1. The van der Waals surface area contributed by atoms with Crippen molar-refractivity contribution in [1.29, 1.82) is 0 Å². The molecular formula is C17H21N3O2S. The van der Waals surface area contributed by atoms with Crippen molar-refractivity contribution in [3.05, 3.63) is 21.9 Å². The molecule has 0 radical (unpaired) electrons. The molecule has 6 heteroatoms. The minimum Gasteiger partial charge on any atom is -0.334 e. The van der Waals surface area contributed by atoms with Gasteiger partial charge >= 0.3 is 0 Å². The van der Waals surface area contributed by atoms with E-state index in [2.05, 4.69) is 11.8 Å². The Balaban J connectivity index is 1.60. The van der Waals surface area contributed by atoms with Gasteiger partial charge in [-0.15, -0.1) is 11.3 Å². The SMILES string of the molecule is Cc1ccc(C(=O)N2CC3CC(C2)N3C(=O)C#CCN(C)C)s1. The van der Waals surface area contributed by atoms with Gasteiger partial charge in [-0.25, -0.2) is 0 Å². The van der Waals surface area contributed by atoms with E-state index in [1.165, 1.54) is 11.3 Å². The zero-order valence-electron chi connectivity index (χ0n) is 13.7. The predicted molar refractivity (Wildman–Crippen MR) is 90.3 cm³/mol. The van der Waals surface area contributed by atoms with E-state index in [1.807, 2.05) is 47.9 Å². The summed E-state index contributed by atoms with van der Waals surface area (Å²) in [6, 6.07) is 4.11. The smallest absolute Gasteiger partial charge is 0.299 e. The minimum atomic E-state index is -0.104. The fraction of sp³-hybridized carbons (Fsp3) is 0.529. The molecule has 0 spiro atoms. The van der Waals surface area contributed by atoms with Crippen LogP contribution in [0.2, 0.25) is 0 Å². The van der Waals surface area contributed by atoms with Crippen molar-refractivity contribution >= 4 is 23.2 Å². The molecule has 2 amide bonds. The average Bonchev–Trinajstić information content (AvgIpc) is 2.92. The highest BCUT2D eigenvalue weighted by Gasteiger charge is 2.48. The summed E-state index contributed by atoms with van der Waals surface area (Å²) in [5, 5.41) is 0. The second kappa shape index (κ2) is 6.34. The summed E-state index contributed by atoms with van der Waals surface area (Å²) in [5.41, 5.74) is 0. The van der Waals surface area contributed by atoms with Gasteiger partial charge in [-0.1, -0.05) is 5.92 Å². The third kappa shape index (κ3) is 3.26. The molecule has 0 aromatic carbocycles. The average molecular weight is 331 g/mol. The highest BCUT2D eigenvalue weighted by molar-refractivity contribution is 7.13. The van der Waals surface area contributed by atoms with E-state index in [0.717, 1.165) is 16.2 Å². The standard InChI is InChI=1S/C17H21N3O2S/c1-12-6-7-15(23-12)17(22)19-10-13-9-14(11-19)20(13)16(21)5-4-8-18(2)3/h6-7,13-14H,8-11H2,1-3H3. The molecule has 3 aliphatic rings. The summed E-state index contributed by atoms with van der Waals surface area (Å²) in [6.07, 6.45) is 0.981. The summed E-state index contributed by atoms with van der Waals surface area (Å²) in [6.45, 7) is 3.82. The van der Waals surface area contributed by atoms with Gasteiger partial charge in [-0.3, -0.25) is 14.5 Å². The van der Waals surface area contributed by atoms with Gasteiger partial charge in [0, 0.05) is 18.0 Å². The van der Waals surface area contributed by atoms with Crippen LogP contribution in [0.25, 0.3) is 0 Å². The summed E-state index contributed by atoms with van der Waals surface area (Å²) in [4.78, 5) is 32.3. The molecule has 2 unspecified atom stereocenters. The maximum Gasteiger partial charge on any atom is 0.299 e. The van der Waals surface area contributed by atoms with E-state index in [9.17, 15) is 9.59 Å². The van der Waals surface area contributed by atoms with Gasteiger partial charge in [-0.2, -0.15) is 0 Å². The number of fused-ring (bicyclic) bond motifs is 2. The van der Waals surface area contributed by atoms with Crippen LogP contribution in [-0.2, 0) is 4.79 Å². The lowest BCUT2D eigenvalue weighted by atomic mass is 9.87. The summed E-state index contributed by atoms with van der Waals surface area (Å²) < 4.78 is 0. The molecule has 4 heterocycles. The number of rotatable bonds is 2. The highest BCUT2D eigenvalue weighted by Crippen LogP contribution is 2.33. The normalized spacial score (nSPS) is 22.4. The van der Waals surface area contributed by atoms with Gasteiger partial charge in [0.05, 0.1) is 23.5 Å². The van der Waals surface area contributed by atoms with Crippen LogP contribution in [0.4, 0.5) is 0 Å². The molecule has 1 aromatic heterocycles. The Hall–Kier alpha value is -1.84. The molecule has 2 bridgehead atoms. The molecule has 2 atom stereocenters. The molecule has 5 nitrogen and oxygen atoms in total. The predicted octanol–water partition coefficient (Wildman–Crippen LogP) is 1.05. The van der Waals surface area contributed by atoms with Crippen LogP contribution in [0.5, 0.6) is 0 Å². The number of hydrogen-bond donors (Lipinski definition) is 0. The number of aryl methyl sites for hydroxylation is 1. The molecule has 0 N–H and O–H groups in total. The zero-order valence-corrected chi connectivity index (χ0v) is 14.5. The Kier molecular flexibility index (Phi) is 4.42. The van der Waals surface area contributed by atoms with Gasteiger partial charge < -0.3 is 9.80 Å². The number of piperidine rings is 1. The fourth-order valence-corrected chi connectivity index (χ4v) is 3.99. The van der Waals surface area contributed by atoms with E-state index < -0.39 is 0 Å². The number of carbonyl (C=O) groups excluding carboxylic acids is 2. The number of carbonyl (C=O) groups is 2. The summed E-state index contributed by atoms with van der Waals surface area (Å²) in [7, 11) is 3.85. The van der Waals surface area contributed by atoms with Crippen molar-refractivity contribution in [2.45, 2.75) is 25.4 Å². The largest absolute Gasteiger partial charge is 0.334 e. The zero-order chi connectivity index (χ0) is 16.6. The molecule has 122 valence electrons. The molecule has 0 aliphatic carbocycles. The third-order valence-corrected chi connectivity index (χ3v) is 5.25. The fourth-order valence-electron chi connectivity index (χ4n) is 3.15. The molecule has 4 rings (SSSR count). The number of nitrogens with zero attached hydrogens (tertiary/aromatic N) is 3. The van der Waals surface area contributed by atoms with Crippen molar-refractivity contribution < 1.29 is 9.59 Å². The second-order valence-corrected chi connectivity index (χ2v) is 7.70. The Morgan fingerprint density at radius 3 is 2.57 bits per heavy atom. The van der Waals surface area contributed by atoms with Crippen LogP contribution in [0.1, 0.15) is 21.0 Å². The molecule has 3 aliphatic heterocycles. The van der Waals surface area contributed by atoms with Crippen LogP contribution in [0.15, 0.2) is 12.1 Å². The van der Waals surface area contributed by atoms with E-state index in [1.54, 1.807) is 0 Å². The molecular weight excluding hydrogens is 310 g/mol. The Morgan fingerprint density at radius 1 is 1.30 bits per heavy atom. The Labute approximate surface area is 140 Å². The lowest BCUT2D eigenvalue weighted by Gasteiger charge is -2.55. The molecule has 3 fully saturated rings. The van der Waals surface area contributed by atoms with Crippen molar-refractivity contribution in [3.8, 4) is 11.8 Å². The number of amides is 2. The second-order valence-electron chi connectivity index (χ2n) is 6.42. The van der Waals surface area contributed by atoms with Crippen LogP contribution < -0.4 is 0 Å². The van der Waals surface area contributed by atoms with E-state index >= 15 is 0 Å². The van der Waals surface area contributed by atoms with Crippen molar-refractivity contribution in [2.24, 2.45) is 0 Å². The third-order valence-electron chi connectivity index (χ3n) is 4.26. The highest BCUT2D eigenvalue weighted by atomic mass is 32.1. The Morgan fingerprint density at radius 2 is 2.00 bits per heavy atom. The monoisotopic (exact) mass is 331 g/mol. The van der Waals surface area contributed by atoms with Gasteiger partial charge in [-0.05, 0) is 45.5 Å². The minimum absolute atomic E-state index is 0.0867. The van der Waals surface area contributed by atoms with Gasteiger partial charge in [0.2, 0.25) is 0 Å². The van der Waals surface area contributed by atoms with Crippen LogP contribution in [0.3, 0.4) is 0 Å². The number of hydrogen-bond acceptors (Lipinski definition) is 4. The van der Waals surface area contributed by atoms with E-state index in [4.69, 9.17) is 0 Å². The summed E-state index contributed by atoms with van der Waals surface area (Å²) in [5.74, 6) is 5.59. The van der Waals surface area contributed by atoms with Gasteiger partial charge in [0.15, 0.2) is 0 Å². The topological polar surface area (TPSA) is 43.9 Å². The van der Waals surface area contributed by atoms with Crippen molar-refractivity contribution in [3.63, 3.8) is 0 Å². The lowest BCUT2D eigenvalue weighted by molar-refractivity contribution is -0.145. The van der Waals surface area contributed by atoms with E-state index in [0.29, 0.717) is 19.6 Å². The maximum atomic E-state index is 12.5.